The predicted molar refractivity (Wildman–Crippen MR) is 111 cm³/mol. The number of hydrogen-bond acceptors (Lipinski definition) is 7. The first-order valence-electron chi connectivity index (χ1n) is 8.69. The van der Waals surface area contributed by atoms with E-state index < -0.39 is 0 Å². The topological polar surface area (TPSA) is 108 Å². The fourth-order valence-corrected chi connectivity index (χ4v) is 2.82. The minimum Gasteiger partial charge on any atom is -0.493 e. The molecule has 3 rings (SSSR count). The Kier molecular flexibility index (Phi) is 5.96. The lowest BCUT2D eigenvalue weighted by Crippen LogP contribution is -2.03. The minimum absolute atomic E-state index is 0.535. The van der Waals surface area contributed by atoms with Crippen LogP contribution in [0.3, 0.4) is 0 Å². The summed E-state index contributed by atoms with van der Waals surface area (Å²) in [6.45, 7) is 0.641. The number of nitrogens with zero attached hydrogens (tertiary/aromatic N) is 2. The Morgan fingerprint density at radius 1 is 1.11 bits per heavy atom. The van der Waals surface area contributed by atoms with Crippen molar-refractivity contribution in [1.29, 1.82) is 0 Å². The van der Waals surface area contributed by atoms with Crippen molar-refractivity contribution >= 4 is 17.1 Å². The Labute approximate surface area is 164 Å². The van der Waals surface area contributed by atoms with Gasteiger partial charge in [0.1, 0.15) is 5.82 Å². The van der Waals surface area contributed by atoms with E-state index >= 15 is 0 Å². The number of nitrogens with two attached hydrogens (primary N) is 2. The van der Waals surface area contributed by atoms with Crippen LogP contribution in [0.1, 0.15) is 16.7 Å². The van der Waals surface area contributed by atoms with Gasteiger partial charge in [0.2, 0.25) is 0 Å². The molecule has 7 heteroatoms. The summed E-state index contributed by atoms with van der Waals surface area (Å²) < 4.78 is 10.7. The van der Waals surface area contributed by atoms with E-state index in [1.807, 2.05) is 30.5 Å². The predicted octanol–water partition coefficient (Wildman–Crippen LogP) is 3.04. The lowest BCUT2D eigenvalue weighted by atomic mass is 9.98. The number of aromatic nitrogens is 2. The third-order valence-electron chi connectivity index (χ3n) is 4.28. The smallest absolute Gasteiger partial charge is 0.162 e. The molecular formula is C21H23N5O2. The Morgan fingerprint density at radius 3 is 2.50 bits per heavy atom. The van der Waals surface area contributed by atoms with Crippen LogP contribution in [0.5, 0.6) is 11.5 Å². The van der Waals surface area contributed by atoms with Gasteiger partial charge in [-0.05, 0) is 29.8 Å². The van der Waals surface area contributed by atoms with Gasteiger partial charge in [-0.15, -0.1) is 0 Å². The fourth-order valence-electron chi connectivity index (χ4n) is 2.82. The molecule has 0 radical (unpaired) electrons. The lowest BCUT2D eigenvalue weighted by molar-refractivity contribution is 0.355. The molecule has 0 aliphatic carbocycles. The van der Waals surface area contributed by atoms with Gasteiger partial charge in [-0.25, -0.2) is 4.98 Å². The van der Waals surface area contributed by atoms with Crippen LogP contribution < -0.4 is 26.3 Å². The van der Waals surface area contributed by atoms with Crippen LogP contribution in [0.2, 0.25) is 0 Å². The minimum atomic E-state index is 0.535. The molecule has 0 saturated heterocycles. The van der Waals surface area contributed by atoms with Crippen LogP contribution in [-0.2, 0) is 6.54 Å². The Balaban J connectivity index is 1.82. The van der Waals surface area contributed by atoms with Gasteiger partial charge in [-0.3, -0.25) is 4.98 Å². The van der Waals surface area contributed by atoms with E-state index in [1.54, 1.807) is 38.7 Å². The molecule has 2 aromatic heterocycles. The molecule has 0 aliphatic heterocycles. The van der Waals surface area contributed by atoms with Crippen LogP contribution >= 0.6 is 0 Å². The molecule has 0 unspecified atom stereocenters. The van der Waals surface area contributed by atoms with Gasteiger partial charge in [-0.2, -0.15) is 0 Å². The Bertz CT molecular complexity index is 957. The van der Waals surface area contributed by atoms with Crippen molar-refractivity contribution in [3.63, 3.8) is 0 Å². The van der Waals surface area contributed by atoms with Gasteiger partial charge >= 0.3 is 0 Å². The number of anilines is 2. The molecule has 0 bridgehead atoms. The molecule has 0 atom stereocenters. The van der Waals surface area contributed by atoms with Crippen molar-refractivity contribution in [3.05, 3.63) is 77.9 Å². The molecule has 5 N–H and O–H groups in total. The maximum Gasteiger partial charge on any atom is 0.162 e. The van der Waals surface area contributed by atoms with E-state index in [1.165, 1.54) is 6.20 Å². The van der Waals surface area contributed by atoms with E-state index in [0.717, 1.165) is 28.1 Å². The molecule has 0 amide bonds. The van der Waals surface area contributed by atoms with Crippen molar-refractivity contribution < 1.29 is 9.47 Å². The first kappa shape index (κ1) is 19.0. The molecule has 1 aromatic carbocycles. The van der Waals surface area contributed by atoms with Gasteiger partial charge in [-0.1, -0.05) is 6.07 Å². The highest BCUT2D eigenvalue weighted by atomic mass is 16.5. The quantitative estimate of drug-likeness (QED) is 0.543. The zero-order chi connectivity index (χ0) is 19.9. The van der Waals surface area contributed by atoms with E-state index in [0.29, 0.717) is 23.7 Å². The van der Waals surface area contributed by atoms with Gasteiger partial charge in [0.05, 0.1) is 14.2 Å². The van der Waals surface area contributed by atoms with Crippen LogP contribution in [0.15, 0.2) is 61.2 Å². The van der Waals surface area contributed by atoms with Crippen molar-refractivity contribution in [2.45, 2.75) is 6.54 Å². The summed E-state index contributed by atoms with van der Waals surface area (Å²) in [6, 6.07) is 11.3. The van der Waals surface area contributed by atoms with Crippen LogP contribution in [0, 0.1) is 0 Å². The summed E-state index contributed by atoms with van der Waals surface area (Å²) in [5.41, 5.74) is 16.1. The number of ether oxygens (including phenoxy) is 2. The average Bonchev–Trinajstić information content (AvgIpc) is 2.75. The van der Waals surface area contributed by atoms with Gasteiger partial charge < -0.3 is 26.3 Å². The summed E-state index contributed by atoms with van der Waals surface area (Å²) in [5.74, 6) is 1.89. The lowest BCUT2D eigenvalue weighted by Gasteiger charge is -2.15. The van der Waals surface area contributed by atoms with E-state index in [4.69, 9.17) is 20.9 Å². The molecule has 7 nitrogen and oxygen atoms in total. The second kappa shape index (κ2) is 8.77. The average molecular weight is 377 g/mol. The third-order valence-corrected chi connectivity index (χ3v) is 4.28. The van der Waals surface area contributed by atoms with E-state index in [9.17, 15) is 0 Å². The second-order valence-electron chi connectivity index (χ2n) is 6.02. The monoisotopic (exact) mass is 377 g/mol. The first-order chi connectivity index (χ1) is 13.7. The molecule has 3 aromatic rings. The molecular weight excluding hydrogens is 354 g/mol. The van der Waals surface area contributed by atoms with E-state index in [-0.39, 0.29) is 0 Å². The molecule has 0 saturated carbocycles. The van der Waals surface area contributed by atoms with Crippen LogP contribution in [-0.4, -0.2) is 24.2 Å². The van der Waals surface area contributed by atoms with Gasteiger partial charge in [0, 0.05) is 59.8 Å². The summed E-state index contributed by atoms with van der Waals surface area (Å²) in [7, 11) is 3.14. The highest BCUT2D eigenvalue weighted by Gasteiger charge is 2.14. The normalized spacial score (nSPS) is 11.1. The summed E-state index contributed by atoms with van der Waals surface area (Å²) in [5, 5.41) is 3.27. The molecule has 28 heavy (non-hydrogen) atoms. The van der Waals surface area contributed by atoms with Crippen LogP contribution in [0.25, 0.3) is 5.57 Å². The van der Waals surface area contributed by atoms with Crippen molar-refractivity contribution in [3.8, 4) is 11.5 Å². The number of pyridine rings is 2. The molecule has 0 fully saturated rings. The summed E-state index contributed by atoms with van der Waals surface area (Å²) in [4.78, 5) is 8.57. The van der Waals surface area contributed by atoms with Gasteiger partial charge in [0.15, 0.2) is 11.5 Å². The number of nitrogen functional groups attached to an aromatic ring is 1. The maximum absolute atomic E-state index is 6.21. The number of hydrogen-bond donors (Lipinski definition) is 3. The molecule has 2 heterocycles. The highest BCUT2D eigenvalue weighted by molar-refractivity contribution is 5.86. The number of rotatable bonds is 7. The molecule has 144 valence electrons. The summed E-state index contributed by atoms with van der Waals surface area (Å²) >= 11 is 0. The molecule has 0 aliphatic rings. The Hall–Kier alpha value is -3.74. The maximum atomic E-state index is 6.21. The Morgan fingerprint density at radius 2 is 1.89 bits per heavy atom. The fraction of sp³-hybridized carbons (Fsp3) is 0.143. The molecule has 0 spiro atoms. The van der Waals surface area contributed by atoms with Crippen molar-refractivity contribution in [2.75, 3.05) is 25.3 Å². The zero-order valence-electron chi connectivity index (χ0n) is 15.8. The number of nitrogens with one attached hydrogen (secondary N) is 1. The first-order valence-corrected chi connectivity index (χ1v) is 8.69. The van der Waals surface area contributed by atoms with E-state index in [2.05, 4.69) is 15.3 Å². The number of methoxy groups -OCH3 is 2. The standard InChI is InChI=1S/C21H23N5O2/c1-27-19-8-16(18(23)9-20(19)28-2)17(10-22)15-5-6-21(26-13-15)25-12-14-4-3-7-24-11-14/h3-11,13H,12,22-23H2,1-2H3,(H,25,26)/b17-10-. The summed E-state index contributed by atoms with van der Waals surface area (Å²) in [6.07, 6.45) is 6.82. The second-order valence-corrected chi connectivity index (χ2v) is 6.02. The third kappa shape index (κ3) is 4.15. The SMILES string of the molecule is COc1cc(N)c(/C(=C\N)c2ccc(NCc3cccnc3)nc2)cc1OC. The number of benzene rings is 1. The highest BCUT2D eigenvalue weighted by Crippen LogP contribution is 2.37. The zero-order valence-corrected chi connectivity index (χ0v) is 15.8. The van der Waals surface area contributed by atoms with Crippen LogP contribution in [0.4, 0.5) is 11.5 Å². The largest absolute Gasteiger partial charge is 0.493 e. The van der Waals surface area contributed by atoms with Crippen molar-refractivity contribution in [1.82, 2.24) is 9.97 Å². The van der Waals surface area contributed by atoms with Gasteiger partial charge in [0.25, 0.3) is 0 Å². The van der Waals surface area contributed by atoms with Crippen molar-refractivity contribution in [2.24, 2.45) is 5.73 Å².